The molecular weight excluding hydrogens is 574 g/mol. The van der Waals surface area contributed by atoms with E-state index in [1.54, 1.807) is 0 Å². The number of aromatic nitrogens is 1. The summed E-state index contributed by atoms with van der Waals surface area (Å²) in [4.78, 5) is 55.5. The zero-order valence-corrected chi connectivity index (χ0v) is 23.5. The molecular formula is C32H22FN3O4S2. The Hall–Kier alpha value is -4.54. The van der Waals surface area contributed by atoms with E-state index in [4.69, 9.17) is 0 Å². The molecule has 0 bridgehead atoms. The molecule has 5 aromatic rings. The van der Waals surface area contributed by atoms with Crippen LogP contribution < -0.4 is 15.1 Å². The van der Waals surface area contributed by atoms with Crippen molar-refractivity contribution >= 4 is 63.0 Å². The molecule has 2 aliphatic rings. The van der Waals surface area contributed by atoms with Crippen molar-refractivity contribution in [2.75, 3.05) is 10.2 Å². The molecule has 2 aliphatic heterocycles. The van der Waals surface area contributed by atoms with Gasteiger partial charge < -0.3 is 5.32 Å². The number of rotatable bonds is 5. The van der Waals surface area contributed by atoms with Crippen LogP contribution in [0.15, 0.2) is 107 Å². The number of imide groups is 1. The molecule has 208 valence electrons. The summed E-state index contributed by atoms with van der Waals surface area (Å²) in [5.74, 6) is -3.00. The van der Waals surface area contributed by atoms with Crippen LogP contribution in [0.5, 0.6) is 0 Å². The number of amides is 3. The second-order valence-corrected chi connectivity index (χ2v) is 12.3. The van der Waals surface area contributed by atoms with Crippen LogP contribution in [0.4, 0.5) is 15.8 Å². The standard InChI is InChI=1S/C32H22FN3O4S2/c33-21-11-14-23(15-12-21)36-29(38)26-25(19-7-2-1-3-8-19)28-31(41-27(26)30(36)39)35(32(40)42-28)17-24(37)34-22-13-10-18-6-4-5-9-20(18)16-22/h1-16,25-27H,17H2,(H,34,37)/t25-,26?,27?/m1/s1. The molecule has 3 atom stereocenters. The smallest absolute Gasteiger partial charge is 0.308 e. The molecule has 10 heteroatoms. The van der Waals surface area contributed by atoms with Gasteiger partial charge in [-0.1, -0.05) is 83.8 Å². The van der Waals surface area contributed by atoms with Crippen LogP contribution in [-0.2, 0) is 20.9 Å². The van der Waals surface area contributed by atoms with Crippen LogP contribution in [0.1, 0.15) is 16.4 Å². The van der Waals surface area contributed by atoms with Crippen LogP contribution in [0, 0.1) is 11.7 Å². The molecule has 42 heavy (non-hydrogen) atoms. The van der Waals surface area contributed by atoms with Gasteiger partial charge in [-0.25, -0.2) is 9.29 Å². The topological polar surface area (TPSA) is 88.5 Å². The number of hydrogen-bond donors (Lipinski definition) is 1. The molecule has 3 heterocycles. The Balaban J connectivity index is 1.25. The van der Waals surface area contributed by atoms with Gasteiger partial charge >= 0.3 is 4.87 Å². The highest BCUT2D eigenvalue weighted by Crippen LogP contribution is 2.53. The number of benzene rings is 4. The first kappa shape index (κ1) is 26.4. The van der Waals surface area contributed by atoms with Crippen molar-refractivity contribution in [2.45, 2.75) is 22.7 Å². The Morgan fingerprint density at radius 3 is 2.31 bits per heavy atom. The van der Waals surface area contributed by atoms with Crippen molar-refractivity contribution in [1.29, 1.82) is 0 Å². The zero-order valence-electron chi connectivity index (χ0n) is 21.9. The van der Waals surface area contributed by atoms with E-state index in [2.05, 4.69) is 5.32 Å². The lowest BCUT2D eigenvalue weighted by Gasteiger charge is -2.30. The number of nitrogens with zero attached hydrogens (tertiary/aromatic N) is 2. The summed E-state index contributed by atoms with van der Waals surface area (Å²) in [7, 11) is 0. The van der Waals surface area contributed by atoms with Crippen LogP contribution in [-0.4, -0.2) is 27.5 Å². The van der Waals surface area contributed by atoms with Crippen molar-refractivity contribution in [3.63, 3.8) is 0 Å². The zero-order chi connectivity index (χ0) is 29.0. The SMILES string of the molecule is O=C(Cn1c2c(sc1=O)[C@H](c1ccccc1)C1C(=O)N(c3ccc(F)cc3)C(=O)C1S2)Nc1ccc2ccccc2c1. The number of thioether (sulfide) groups is 1. The molecule has 7 nitrogen and oxygen atoms in total. The normalized spacial score (nSPS) is 19.5. The van der Waals surface area contributed by atoms with E-state index in [1.165, 1.54) is 28.8 Å². The van der Waals surface area contributed by atoms with E-state index >= 15 is 0 Å². The number of anilines is 2. The maximum absolute atomic E-state index is 13.8. The third-order valence-electron chi connectivity index (χ3n) is 7.63. The van der Waals surface area contributed by atoms with Gasteiger partial charge in [-0.2, -0.15) is 0 Å². The summed E-state index contributed by atoms with van der Waals surface area (Å²) in [6.07, 6.45) is 0. The van der Waals surface area contributed by atoms with Gasteiger partial charge in [0.2, 0.25) is 17.7 Å². The fraction of sp³-hybridized carbons (Fsp3) is 0.125. The van der Waals surface area contributed by atoms with E-state index in [1.807, 2.05) is 72.8 Å². The Morgan fingerprint density at radius 2 is 1.55 bits per heavy atom. The van der Waals surface area contributed by atoms with Crippen LogP contribution in [0.25, 0.3) is 10.8 Å². The summed E-state index contributed by atoms with van der Waals surface area (Å²) in [6.45, 7) is -0.243. The molecule has 0 radical (unpaired) electrons. The first-order chi connectivity index (χ1) is 20.4. The summed E-state index contributed by atoms with van der Waals surface area (Å²) in [5, 5.41) is 4.59. The molecule has 1 saturated heterocycles. The number of fused-ring (bicyclic) bond motifs is 3. The second-order valence-electron chi connectivity index (χ2n) is 10.2. The number of hydrogen-bond acceptors (Lipinski definition) is 6. The summed E-state index contributed by atoms with van der Waals surface area (Å²) < 4.78 is 15.0. The van der Waals surface area contributed by atoms with Gasteiger partial charge in [0.05, 0.1) is 16.6 Å². The fourth-order valence-corrected chi connectivity index (χ4v) is 8.50. The van der Waals surface area contributed by atoms with E-state index in [-0.39, 0.29) is 17.3 Å². The average Bonchev–Trinajstić information content (AvgIpc) is 3.44. The van der Waals surface area contributed by atoms with Crippen molar-refractivity contribution < 1.29 is 18.8 Å². The molecule has 2 unspecified atom stereocenters. The van der Waals surface area contributed by atoms with Crippen LogP contribution in [0.3, 0.4) is 0 Å². The summed E-state index contributed by atoms with van der Waals surface area (Å²) in [6, 6.07) is 28.0. The molecule has 4 aromatic carbocycles. The lowest BCUT2D eigenvalue weighted by molar-refractivity contribution is -0.122. The highest BCUT2D eigenvalue weighted by Gasteiger charge is 2.56. The molecule has 7 rings (SSSR count). The number of nitrogens with one attached hydrogen (secondary N) is 1. The third-order valence-corrected chi connectivity index (χ3v) is 10.2. The monoisotopic (exact) mass is 595 g/mol. The Kier molecular flexibility index (Phi) is 6.52. The van der Waals surface area contributed by atoms with Gasteiger partial charge in [-0.05, 0) is 52.7 Å². The molecule has 0 spiro atoms. The molecule has 0 saturated carbocycles. The number of carbonyl (C=O) groups is 3. The van der Waals surface area contributed by atoms with Crippen LogP contribution >= 0.6 is 23.1 Å². The minimum atomic E-state index is -0.816. The quantitative estimate of drug-likeness (QED) is 0.266. The van der Waals surface area contributed by atoms with Crippen LogP contribution in [0.2, 0.25) is 0 Å². The maximum Gasteiger partial charge on any atom is 0.308 e. The van der Waals surface area contributed by atoms with Crippen molar-refractivity contribution in [1.82, 2.24) is 4.57 Å². The molecule has 0 aliphatic carbocycles. The minimum absolute atomic E-state index is 0.243. The maximum atomic E-state index is 13.8. The van der Waals surface area contributed by atoms with Gasteiger partial charge in [-0.3, -0.25) is 23.7 Å². The van der Waals surface area contributed by atoms with E-state index in [9.17, 15) is 23.6 Å². The average molecular weight is 596 g/mol. The van der Waals surface area contributed by atoms with Gasteiger partial charge in [0.1, 0.15) is 17.6 Å². The number of halogens is 1. The lowest BCUT2D eigenvalue weighted by atomic mass is 9.83. The van der Waals surface area contributed by atoms with Gasteiger partial charge in [0.25, 0.3) is 0 Å². The summed E-state index contributed by atoms with van der Waals surface area (Å²) in [5.41, 5.74) is 1.70. The highest BCUT2D eigenvalue weighted by atomic mass is 32.2. The first-order valence-corrected chi connectivity index (χ1v) is 15.0. The van der Waals surface area contributed by atoms with E-state index in [0.717, 1.165) is 44.3 Å². The Labute approximate surface area is 247 Å². The highest BCUT2D eigenvalue weighted by molar-refractivity contribution is 8.00. The van der Waals surface area contributed by atoms with Crippen molar-refractivity contribution in [2.24, 2.45) is 5.92 Å². The summed E-state index contributed by atoms with van der Waals surface area (Å²) >= 11 is 2.14. The molecule has 1 fully saturated rings. The predicted molar refractivity (Wildman–Crippen MR) is 161 cm³/mol. The molecule has 1 aromatic heterocycles. The molecule has 1 N–H and O–H groups in total. The molecule has 3 amide bonds. The lowest BCUT2D eigenvalue weighted by Crippen LogP contribution is -2.33. The fourth-order valence-electron chi connectivity index (χ4n) is 5.73. The van der Waals surface area contributed by atoms with E-state index in [0.29, 0.717) is 21.3 Å². The number of carbonyl (C=O) groups excluding carboxylic acids is 3. The predicted octanol–water partition coefficient (Wildman–Crippen LogP) is 5.64. The number of thiazole rings is 1. The van der Waals surface area contributed by atoms with Gasteiger partial charge in [-0.15, -0.1) is 0 Å². The minimum Gasteiger partial charge on any atom is -0.325 e. The third kappa shape index (κ3) is 4.43. The van der Waals surface area contributed by atoms with E-state index < -0.39 is 34.7 Å². The second kappa shape index (κ2) is 10.4. The largest absolute Gasteiger partial charge is 0.325 e. The van der Waals surface area contributed by atoms with Gasteiger partial charge in [0.15, 0.2) is 0 Å². The Morgan fingerprint density at radius 1 is 0.833 bits per heavy atom. The van der Waals surface area contributed by atoms with Crippen molar-refractivity contribution in [3.05, 3.63) is 123 Å². The van der Waals surface area contributed by atoms with Crippen molar-refractivity contribution in [3.8, 4) is 0 Å². The Bertz CT molecular complexity index is 1940. The first-order valence-electron chi connectivity index (χ1n) is 13.3. The van der Waals surface area contributed by atoms with Gasteiger partial charge in [0, 0.05) is 16.5 Å².